The first-order chi connectivity index (χ1) is 5.83. The molecule has 1 rings (SSSR count). The molecule has 1 aromatic carbocycles. The lowest BCUT2D eigenvalue weighted by Gasteiger charge is -1.98. The van der Waals surface area contributed by atoms with E-state index in [2.05, 4.69) is 10.5 Å². The van der Waals surface area contributed by atoms with E-state index < -0.39 is 0 Å². The Morgan fingerprint density at radius 1 is 1.42 bits per heavy atom. The second-order valence-electron chi connectivity index (χ2n) is 2.38. The first kappa shape index (κ1) is 8.46. The van der Waals surface area contributed by atoms with Crippen molar-refractivity contribution in [2.45, 2.75) is 6.92 Å². The highest BCUT2D eigenvalue weighted by atomic mass is 15.3. The summed E-state index contributed by atoms with van der Waals surface area (Å²) in [6.07, 6.45) is 1.20. The van der Waals surface area contributed by atoms with Crippen molar-refractivity contribution in [2.75, 3.05) is 5.43 Å². The van der Waals surface area contributed by atoms with E-state index in [1.807, 2.05) is 30.3 Å². The van der Waals surface area contributed by atoms with Crippen LogP contribution in [0.1, 0.15) is 6.92 Å². The van der Waals surface area contributed by atoms with Crippen LogP contribution in [0.25, 0.3) is 0 Å². The van der Waals surface area contributed by atoms with Gasteiger partial charge in [-0.05, 0) is 19.1 Å². The third-order valence-electron chi connectivity index (χ3n) is 1.34. The minimum atomic E-state index is 0.652. The summed E-state index contributed by atoms with van der Waals surface area (Å²) in [6, 6.07) is 9.63. The molecule has 0 radical (unpaired) electrons. The molecule has 0 aliphatic rings. The maximum Gasteiger partial charge on any atom is 0.0751 e. The molecule has 0 unspecified atom stereocenters. The predicted molar refractivity (Wildman–Crippen MR) is 52.0 cm³/mol. The Morgan fingerprint density at radius 2 is 2.08 bits per heavy atom. The van der Waals surface area contributed by atoms with Crippen molar-refractivity contribution < 1.29 is 0 Å². The van der Waals surface area contributed by atoms with E-state index in [-0.39, 0.29) is 0 Å². The standard InChI is InChI=1S/C9H11N3/c1-8(7-10)11-12-9-5-3-2-4-6-9/h2-7,10,12H,1H3/b10-7?,11-8-. The first-order valence-corrected chi connectivity index (χ1v) is 3.69. The van der Waals surface area contributed by atoms with E-state index in [4.69, 9.17) is 5.41 Å². The molecular formula is C9H11N3. The van der Waals surface area contributed by atoms with Crippen molar-refractivity contribution in [1.29, 1.82) is 5.41 Å². The highest BCUT2D eigenvalue weighted by molar-refractivity contribution is 6.28. The van der Waals surface area contributed by atoms with Crippen molar-refractivity contribution in [1.82, 2.24) is 0 Å². The van der Waals surface area contributed by atoms with Crippen LogP contribution in [0.5, 0.6) is 0 Å². The van der Waals surface area contributed by atoms with Gasteiger partial charge in [0.25, 0.3) is 0 Å². The van der Waals surface area contributed by atoms with Crippen LogP contribution in [0.3, 0.4) is 0 Å². The van der Waals surface area contributed by atoms with Crippen LogP contribution in [-0.4, -0.2) is 11.9 Å². The van der Waals surface area contributed by atoms with Gasteiger partial charge < -0.3 is 5.41 Å². The number of hydrazone groups is 1. The van der Waals surface area contributed by atoms with Gasteiger partial charge in [-0.2, -0.15) is 5.10 Å². The number of hydrogen-bond donors (Lipinski definition) is 2. The van der Waals surface area contributed by atoms with Gasteiger partial charge in [-0.3, -0.25) is 5.43 Å². The maximum atomic E-state index is 6.88. The highest BCUT2D eigenvalue weighted by Gasteiger charge is 1.85. The molecule has 0 atom stereocenters. The fourth-order valence-corrected chi connectivity index (χ4v) is 0.698. The van der Waals surface area contributed by atoms with Gasteiger partial charge >= 0.3 is 0 Å². The molecule has 0 saturated heterocycles. The van der Waals surface area contributed by atoms with Crippen LogP contribution < -0.4 is 5.43 Å². The van der Waals surface area contributed by atoms with E-state index in [0.29, 0.717) is 5.71 Å². The summed E-state index contributed by atoms with van der Waals surface area (Å²) in [5.74, 6) is 0. The van der Waals surface area contributed by atoms with Gasteiger partial charge in [-0.1, -0.05) is 18.2 Å². The van der Waals surface area contributed by atoms with Gasteiger partial charge in [0.2, 0.25) is 0 Å². The van der Waals surface area contributed by atoms with Gasteiger partial charge in [-0.25, -0.2) is 0 Å². The van der Waals surface area contributed by atoms with Crippen LogP contribution >= 0.6 is 0 Å². The number of hydrogen-bond acceptors (Lipinski definition) is 3. The molecule has 3 heteroatoms. The van der Waals surface area contributed by atoms with E-state index in [9.17, 15) is 0 Å². The van der Waals surface area contributed by atoms with E-state index in [0.717, 1.165) is 5.69 Å². The molecule has 1 aromatic rings. The number of rotatable bonds is 3. The van der Waals surface area contributed by atoms with Gasteiger partial charge in [0.05, 0.1) is 11.4 Å². The molecule has 0 bridgehead atoms. The summed E-state index contributed by atoms with van der Waals surface area (Å²) in [6.45, 7) is 1.77. The summed E-state index contributed by atoms with van der Waals surface area (Å²) >= 11 is 0. The quantitative estimate of drug-likeness (QED) is 0.517. The topological polar surface area (TPSA) is 48.2 Å². The van der Waals surface area contributed by atoms with Crippen LogP contribution in [-0.2, 0) is 0 Å². The number of para-hydroxylation sites is 1. The normalized spacial score (nSPS) is 10.9. The van der Waals surface area contributed by atoms with Gasteiger partial charge in [0.15, 0.2) is 0 Å². The molecular weight excluding hydrogens is 150 g/mol. The minimum absolute atomic E-state index is 0.652. The Balaban J connectivity index is 2.60. The summed E-state index contributed by atoms with van der Waals surface area (Å²) in [4.78, 5) is 0. The van der Waals surface area contributed by atoms with Crippen molar-refractivity contribution in [3.8, 4) is 0 Å². The summed E-state index contributed by atoms with van der Waals surface area (Å²) in [7, 11) is 0. The molecule has 62 valence electrons. The third-order valence-corrected chi connectivity index (χ3v) is 1.34. The molecule has 0 saturated carbocycles. The average molecular weight is 161 g/mol. The van der Waals surface area contributed by atoms with Gasteiger partial charge in [0.1, 0.15) is 0 Å². The van der Waals surface area contributed by atoms with Crippen LogP contribution in [0, 0.1) is 5.41 Å². The zero-order valence-electron chi connectivity index (χ0n) is 6.91. The Morgan fingerprint density at radius 3 is 2.67 bits per heavy atom. The van der Waals surface area contributed by atoms with E-state index in [1.165, 1.54) is 6.21 Å². The smallest absolute Gasteiger partial charge is 0.0751 e. The maximum absolute atomic E-state index is 6.88. The molecule has 12 heavy (non-hydrogen) atoms. The van der Waals surface area contributed by atoms with Crippen LogP contribution in [0.2, 0.25) is 0 Å². The Hall–Kier alpha value is -1.64. The second kappa shape index (κ2) is 4.28. The van der Waals surface area contributed by atoms with Crippen molar-refractivity contribution in [2.24, 2.45) is 5.10 Å². The van der Waals surface area contributed by atoms with Crippen LogP contribution in [0.4, 0.5) is 5.69 Å². The van der Waals surface area contributed by atoms with Gasteiger partial charge in [-0.15, -0.1) is 0 Å². The molecule has 0 aliphatic heterocycles. The number of nitrogens with zero attached hydrogens (tertiary/aromatic N) is 1. The zero-order valence-corrected chi connectivity index (χ0v) is 6.91. The Bertz CT molecular complexity index is 277. The van der Waals surface area contributed by atoms with Crippen molar-refractivity contribution in [3.63, 3.8) is 0 Å². The highest BCUT2D eigenvalue weighted by Crippen LogP contribution is 2.03. The lowest BCUT2D eigenvalue weighted by atomic mass is 10.3. The summed E-state index contributed by atoms with van der Waals surface area (Å²) in [5, 5.41) is 10.8. The monoisotopic (exact) mass is 161 g/mol. The Kier molecular flexibility index (Phi) is 3.02. The number of anilines is 1. The minimum Gasteiger partial charge on any atom is -0.307 e. The first-order valence-electron chi connectivity index (χ1n) is 3.69. The number of nitrogens with one attached hydrogen (secondary N) is 2. The molecule has 3 nitrogen and oxygen atoms in total. The molecule has 0 aromatic heterocycles. The fourth-order valence-electron chi connectivity index (χ4n) is 0.698. The lowest BCUT2D eigenvalue weighted by molar-refractivity contribution is 1.33. The lowest BCUT2D eigenvalue weighted by Crippen LogP contribution is -1.97. The molecule has 0 fully saturated rings. The molecule has 0 heterocycles. The van der Waals surface area contributed by atoms with E-state index >= 15 is 0 Å². The SMILES string of the molecule is C/C(C=N)=N/Nc1ccccc1. The summed E-state index contributed by atoms with van der Waals surface area (Å²) < 4.78 is 0. The zero-order chi connectivity index (χ0) is 8.81. The van der Waals surface area contributed by atoms with Crippen molar-refractivity contribution in [3.05, 3.63) is 30.3 Å². The van der Waals surface area contributed by atoms with Crippen molar-refractivity contribution >= 4 is 17.6 Å². The third kappa shape index (κ3) is 2.54. The molecule has 0 amide bonds. The van der Waals surface area contributed by atoms with Crippen LogP contribution in [0.15, 0.2) is 35.4 Å². The molecule has 0 spiro atoms. The number of benzene rings is 1. The predicted octanol–water partition coefficient (Wildman–Crippen LogP) is 2.12. The Labute approximate surface area is 71.6 Å². The molecule has 0 aliphatic carbocycles. The van der Waals surface area contributed by atoms with E-state index in [1.54, 1.807) is 6.92 Å². The summed E-state index contributed by atoms with van der Waals surface area (Å²) in [5.41, 5.74) is 4.41. The second-order valence-corrected chi connectivity index (χ2v) is 2.38. The van der Waals surface area contributed by atoms with Gasteiger partial charge in [0, 0.05) is 6.21 Å². The molecule has 2 N–H and O–H groups in total. The average Bonchev–Trinajstić information content (AvgIpc) is 2.16. The fraction of sp³-hybridized carbons (Fsp3) is 0.111. The largest absolute Gasteiger partial charge is 0.307 e.